The van der Waals surface area contributed by atoms with Gasteiger partial charge in [0.25, 0.3) is 0 Å². The summed E-state index contributed by atoms with van der Waals surface area (Å²) in [7, 11) is -0.918. The fourth-order valence-corrected chi connectivity index (χ4v) is 12.2. The molecule has 7 aromatic rings. The lowest BCUT2D eigenvalue weighted by Crippen LogP contribution is -2.49. The lowest BCUT2D eigenvalue weighted by atomic mass is 9.92. The molecule has 20 heteroatoms. The molecule has 15 nitrogen and oxygen atoms in total. The van der Waals surface area contributed by atoms with Crippen molar-refractivity contribution < 1.29 is 41.7 Å². The molecule has 0 unspecified atom stereocenters. The summed E-state index contributed by atoms with van der Waals surface area (Å²) < 4.78 is 64.8. The molecule has 1 N–H and O–H groups in total. The van der Waals surface area contributed by atoms with Crippen LogP contribution in [0.25, 0.3) is 43.2 Å². The van der Waals surface area contributed by atoms with Crippen molar-refractivity contribution in [1.29, 1.82) is 0 Å². The van der Waals surface area contributed by atoms with E-state index in [1.807, 2.05) is 38.1 Å². The Bertz CT molecular complexity index is 3260. The molecule has 2 saturated heterocycles. The molecule has 4 aliphatic heterocycles. The Morgan fingerprint density at radius 2 is 1.62 bits per heavy atom. The second kappa shape index (κ2) is 20.9. The average molecular weight is 1060 g/mol. The Labute approximate surface area is 430 Å². The van der Waals surface area contributed by atoms with Crippen LogP contribution in [0.3, 0.4) is 0 Å². The first-order chi connectivity index (χ1) is 34.7. The van der Waals surface area contributed by atoms with Crippen LogP contribution in [0.2, 0.25) is 10.0 Å². The van der Waals surface area contributed by atoms with Gasteiger partial charge in [-0.15, -0.1) is 11.3 Å². The van der Waals surface area contributed by atoms with E-state index in [-0.39, 0.29) is 52.0 Å². The number of piperazine rings is 1. The number of benzene rings is 4. The Hall–Kier alpha value is -5.99. The van der Waals surface area contributed by atoms with Crippen LogP contribution in [0.15, 0.2) is 85.3 Å². The number of carboxylic acid groups (broad SMARTS) is 1. The summed E-state index contributed by atoms with van der Waals surface area (Å²) in [6.07, 6.45) is 0.658. The zero-order valence-electron chi connectivity index (χ0n) is 39.6. The summed E-state index contributed by atoms with van der Waals surface area (Å²) in [5, 5.41) is 12.1. The third-order valence-electron chi connectivity index (χ3n) is 13.2. The number of ether oxygens (including phenoxy) is 4. The Kier molecular flexibility index (Phi) is 14.4. The fraction of sp³-hybridized carbons (Fsp3) is 0.327. The smallest absolute Gasteiger partial charge is 0.349 e. The maximum absolute atomic E-state index is 14.4. The van der Waals surface area contributed by atoms with Crippen molar-refractivity contribution in [2.45, 2.75) is 39.2 Å². The lowest BCUT2D eigenvalue weighted by Gasteiger charge is -2.35. The molecule has 4 aliphatic rings. The number of hydrogen-bond donors (Lipinski definition) is 1. The van der Waals surface area contributed by atoms with Crippen LogP contribution in [-0.2, 0) is 27.8 Å². The zero-order valence-corrected chi connectivity index (χ0v) is 42.8. The molecule has 0 spiro atoms. The van der Waals surface area contributed by atoms with Gasteiger partial charge in [-0.2, -0.15) is 0 Å². The number of sulfone groups is 1. The van der Waals surface area contributed by atoms with E-state index in [0.717, 1.165) is 37.3 Å². The van der Waals surface area contributed by atoms with E-state index < -0.39 is 33.8 Å². The van der Waals surface area contributed by atoms with E-state index in [9.17, 15) is 22.7 Å². The summed E-state index contributed by atoms with van der Waals surface area (Å²) in [4.78, 5) is 40.1. The van der Waals surface area contributed by atoms with Crippen LogP contribution in [0.4, 0.5) is 4.39 Å². The van der Waals surface area contributed by atoms with Crippen molar-refractivity contribution in [1.82, 2.24) is 34.6 Å². The Morgan fingerprint density at radius 1 is 0.875 bits per heavy atom. The van der Waals surface area contributed by atoms with Gasteiger partial charge < -0.3 is 29.0 Å². The third-order valence-corrected chi connectivity index (χ3v) is 16.9. The van der Waals surface area contributed by atoms with Gasteiger partial charge in [-0.3, -0.25) is 9.80 Å². The number of nitrogens with zero attached hydrogens (tertiary/aromatic N) is 7. The number of fused-ring (bicyclic) bond motifs is 6. The number of aliphatic carboxylic acids is 1. The molecular formula is C52H50Cl2FN7O8S2. The Morgan fingerprint density at radius 3 is 2.36 bits per heavy atom. The summed E-state index contributed by atoms with van der Waals surface area (Å²) >= 11 is 15.9. The maximum Gasteiger partial charge on any atom is 0.349 e. The van der Waals surface area contributed by atoms with Gasteiger partial charge in [0.15, 0.2) is 21.4 Å². The molecule has 11 rings (SSSR count). The van der Waals surface area contributed by atoms with Gasteiger partial charge in [0.2, 0.25) is 12.0 Å². The maximum atomic E-state index is 14.4. The van der Waals surface area contributed by atoms with Crippen molar-refractivity contribution in [2.75, 3.05) is 71.0 Å². The highest BCUT2D eigenvalue weighted by Gasteiger charge is 2.34. The fourth-order valence-electron chi connectivity index (χ4n) is 9.31. The second-order valence-corrected chi connectivity index (χ2v) is 22.3. The first-order valence-electron chi connectivity index (χ1n) is 23.4. The lowest BCUT2D eigenvalue weighted by molar-refractivity contribution is -0.145. The van der Waals surface area contributed by atoms with E-state index in [1.165, 1.54) is 29.8 Å². The zero-order chi connectivity index (χ0) is 50.3. The van der Waals surface area contributed by atoms with Crippen LogP contribution >= 0.6 is 34.5 Å². The largest absolute Gasteiger partial charge is 0.490 e. The minimum absolute atomic E-state index is 0.0389. The average Bonchev–Trinajstić information content (AvgIpc) is 3.76. The van der Waals surface area contributed by atoms with E-state index in [0.29, 0.717) is 92.1 Å². The molecule has 3 aromatic heterocycles. The summed E-state index contributed by atoms with van der Waals surface area (Å²) in [6.45, 7) is 9.08. The topological polar surface area (TPSA) is 170 Å². The van der Waals surface area contributed by atoms with Crippen LogP contribution in [-0.4, -0.2) is 131 Å². The van der Waals surface area contributed by atoms with Gasteiger partial charge in [-0.1, -0.05) is 53.5 Å². The monoisotopic (exact) mass is 1050 g/mol. The highest BCUT2D eigenvalue weighted by atomic mass is 35.5. The normalized spacial score (nSPS) is 18.6. The quantitative estimate of drug-likeness (QED) is 0.138. The summed E-state index contributed by atoms with van der Waals surface area (Å²) in [6, 6.07) is 20.5. The van der Waals surface area contributed by atoms with Crippen molar-refractivity contribution in [3.63, 3.8) is 0 Å². The third kappa shape index (κ3) is 10.6. The first kappa shape index (κ1) is 49.6. The molecule has 4 aromatic carbocycles. The van der Waals surface area contributed by atoms with Crippen molar-refractivity contribution >= 4 is 60.6 Å². The summed E-state index contributed by atoms with van der Waals surface area (Å²) in [5.41, 5.74) is 5.57. The van der Waals surface area contributed by atoms with Gasteiger partial charge in [-0.25, -0.2) is 37.5 Å². The predicted octanol–water partition coefficient (Wildman–Crippen LogP) is 8.95. The van der Waals surface area contributed by atoms with Gasteiger partial charge in [0, 0.05) is 80.1 Å². The van der Waals surface area contributed by atoms with E-state index in [2.05, 4.69) is 36.7 Å². The van der Waals surface area contributed by atoms with Crippen LogP contribution in [0.5, 0.6) is 23.1 Å². The molecule has 7 heterocycles. The summed E-state index contributed by atoms with van der Waals surface area (Å²) in [5.74, 6) is -0.240. The van der Waals surface area contributed by atoms with Crippen LogP contribution in [0, 0.1) is 19.7 Å². The molecule has 4 bridgehead atoms. The van der Waals surface area contributed by atoms with Crippen LogP contribution < -0.4 is 18.9 Å². The molecule has 0 radical (unpaired) electrons. The first-order valence-corrected chi connectivity index (χ1v) is 26.8. The number of aromatic nitrogens is 4. The highest BCUT2D eigenvalue weighted by Crippen LogP contribution is 2.53. The number of carboxylic acids is 1. The number of halogens is 3. The van der Waals surface area contributed by atoms with Crippen molar-refractivity contribution in [2.24, 2.45) is 0 Å². The van der Waals surface area contributed by atoms with Crippen molar-refractivity contribution in [3.8, 4) is 56.1 Å². The standard InChI is InChI=1S/C52H50Cl2FN7O8S2/c1-30-41-31(2)45(54)47(44(30)53)69-38(26-61-17-15-60(3)16-18-61)28-67-37-11-12-40(68-27-36-13-14-56-49(59-36)34-6-4-5-32(23-34)25-62-19-21-72(65,66)22-20-62)39(24-37)46(52(63)64)70-50-43-42(41)48(71-51(43)58-29-57-50)33-7-9-35(55)10-8-33/h4-14,23-24,29,38,46H,15-22,25-28H2,1-3H3,(H,63,64)/t38-,46-/m1/s1. The number of thiophene rings is 1. The molecule has 0 saturated carbocycles. The predicted molar refractivity (Wildman–Crippen MR) is 275 cm³/mol. The van der Waals surface area contributed by atoms with Crippen molar-refractivity contribution in [3.05, 3.63) is 129 Å². The molecule has 374 valence electrons. The number of rotatable bonds is 10. The molecular weight excluding hydrogens is 1000 g/mol. The van der Waals surface area contributed by atoms with Gasteiger partial charge >= 0.3 is 5.97 Å². The number of likely N-dealkylation sites (N-methyl/N-ethyl adjacent to an activating group) is 1. The molecule has 2 fully saturated rings. The minimum Gasteiger partial charge on any atom is -0.490 e. The minimum atomic E-state index is -3.01. The van der Waals surface area contributed by atoms with Gasteiger partial charge in [-0.05, 0) is 91.2 Å². The second-order valence-electron chi connectivity index (χ2n) is 18.2. The number of hydrogen-bond acceptors (Lipinski definition) is 15. The van der Waals surface area contributed by atoms with E-state index >= 15 is 0 Å². The van der Waals surface area contributed by atoms with E-state index in [4.69, 9.17) is 47.1 Å². The van der Waals surface area contributed by atoms with Crippen LogP contribution in [0.1, 0.15) is 34.1 Å². The Balaban J connectivity index is 1.04. The van der Waals surface area contributed by atoms with Gasteiger partial charge in [0.1, 0.15) is 47.8 Å². The molecule has 0 aliphatic carbocycles. The SMILES string of the molecule is Cc1c(Cl)c2c(Cl)c(C)c1-c1c(-c3ccc(F)cc3)sc3ncnc(c13)O[C@@H](C(=O)O)c1cc(ccc1OCc1ccnc(-c3cccc(CN4CCS(=O)(=O)CC4)c3)n1)OC[C@@H](CN1CCN(C)CC1)O2. The van der Waals surface area contributed by atoms with Gasteiger partial charge in [0.05, 0.1) is 32.6 Å². The molecule has 2 atom stereocenters. The molecule has 0 amide bonds. The number of carbonyl (C=O) groups is 1. The highest BCUT2D eigenvalue weighted by molar-refractivity contribution is 7.91. The molecule has 72 heavy (non-hydrogen) atoms. The van der Waals surface area contributed by atoms with E-state index in [1.54, 1.807) is 42.6 Å².